The van der Waals surface area contributed by atoms with Crippen LogP contribution < -0.4 is 11.3 Å². The van der Waals surface area contributed by atoms with Gasteiger partial charge in [0.25, 0.3) is 5.56 Å². The second-order valence-corrected chi connectivity index (χ2v) is 5.30. The van der Waals surface area contributed by atoms with Gasteiger partial charge in [0.05, 0.1) is 40.0 Å². The molecular formula is C15H12ClFN4O. The third-order valence-corrected chi connectivity index (χ3v) is 3.54. The van der Waals surface area contributed by atoms with Gasteiger partial charge in [-0.3, -0.25) is 14.3 Å². The van der Waals surface area contributed by atoms with Gasteiger partial charge in [-0.05, 0) is 19.1 Å². The van der Waals surface area contributed by atoms with E-state index in [1.54, 1.807) is 25.1 Å². The lowest BCUT2D eigenvalue weighted by molar-refractivity contribution is 0.616. The molecule has 0 radical (unpaired) electrons. The minimum atomic E-state index is -0.556. The summed E-state index contributed by atoms with van der Waals surface area (Å²) >= 11 is 6.11. The number of hydrogen-bond acceptors (Lipinski definition) is 4. The molecule has 1 unspecified atom stereocenters. The lowest BCUT2D eigenvalue weighted by Crippen LogP contribution is -2.27. The van der Waals surface area contributed by atoms with Crippen molar-refractivity contribution in [2.24, 2.45) is 5.73 Å². The molecule has 0 aliphatic carbocycles. The minimum Gasteiger partial charge on any atom is -0.322 e. The third kappa shape index (κ3) is 2.36. The number of hydrogen-bond donors (Lipinski definition) is 1. The van der Waals surface area contributed by atoms with Crippen LogP contribution in [-0.2, 0) is 0 Å². The summed E-state index contributed by atoms with van der Waals surface area (Å²) in [6.07, 6.45) is 2.43. The lowest BCUT2D eigenvalue weighted by atomic mass is 10.2. The van der Waals surface area contributed by atoms with E-state index >= 15 is 0 Å². The Kier molecular flexibility index (Phi) is 3.64. The van der Waals surface area contributed by atoms with E-state index in [2.05, 4.69) is 9.97 Å². The first-order valence-corrected chi connectivity index (χ1v) is 6.94. The Bertz CT molecular complexity index is 923. The number of benzene rings is 1. The van der Waals surface area contributed by atoms with E-state index in [-0.39, 0.29) is 16.1 Å². The van der Waals surface area contributed by atoms with Crippen LogP contribution >= 0.6 is 11.6 Å². The number of halogens is 2. The molecule has 2 aromatic heterocycles. The van der Waals surface area contributed by atoms with Crippen LogP contribution in [0.5, 0.6) is 0 Å². The van der Waals surface area contributed by atoms with Crippen LogP contribution in [-0.4, -0.2) is 14.5 Å². The molecule has 1 atom stereocenters. The highest BCUT2D eigenvalue weighted by atomic mass is 35.5. The fourth-order valence-electron chi connectivity index (χ4n) is 2.28. The number of pyridine rings is 1. The number of fused-ring (bicyclic) bond motifs is 1. The first-order valence-electron chi connectivity index (χ1n) is 6.56. The van der Waals surface area contributed by atoms with Gasteiger partial charge in [-0.15, -0.1) is 0 Å². The van der Waals surface area contributed by atoms with E-state index in [0.29, 0.717) is 11.3 Å². The Morgan fingerprint density at radius 2 is 2.14 bits per heavy atom. The van der Waals surface area contributed by atoms with Crippen molar-refractivity contribution >= 4 is 22.5 Å². The second-order valence-electron chi connectivity index (χ2n) is 4.89. The average Bonchev–Trinajstić information content (AvgIpc) is 2.46. The average molecular weight is 319 g/mol. The summed E-state index contributed by atoms with van der Waals surface area (Å²) in [6, 6.07) is 5.66. The number of rotatable bonds is 2. The smallest absolute Gasteiger partial charge is 0.267 e. The largest absolute Gasteiger partial charge is 0.322 e. The maximum absolute atomic E-state index is 13.5. The monoisotopic (exact) mass is 318 g/mol. The van der Waals surface area contributed by atoms with Gasteiger partial charge in [0.15, 0.2) is 0 Å². The predicted molar refractivity (Wildman–Crippen MR) is 82.7 cm³/mol. The van der Waals surface area contributed by atoms with Crippen molar-refractivity contribution in [3.8, 4) is 5.69 Å². The van der Waals surface area contributed by atoms with Gasteiger partial charge in [-0.25, -0.2) is 9.37 Å². The molecule has 3 rings (SSSR count). The van der Waals surface area contributed by atoms with Gasteiger partial charge in [-0.1, -0.05) is 17.7 Å². The van der Waals surface area contributed by atoms with Crippen LogP contribution in [0.4, 0.5) is 4.39 Å². The second kappa shape index (κ2) is 5.47. The summed E-state index contributed by atoms with van der Waals surface area (Å²) in [6.45, 7) is 1.70. The summed E-state index contributed by atoms with van der Waals surface area (Å²) in [5, 5.41) is 0.544. The van der Waals surface area contributed by atoms with Crippen LogP contribution in [0.2, 0.25) is 5.02 Å². The van der Waals surface area contributed by atoms with E-state index < -0.39 is 17.4 Å². The van der Waals surface area contributed by atoms with Crippen LogP contribution in [0, 0.1) is 5.82 Å². The zero-order chi connectivity index (χ0) is 15.9. The molecule has 2 heterocycles. The Balaban J connectivity index is 2.46. The highest BCUT2D eigenvalue weighted by molar-refractivity contribution is 6.35. The van der Waals surface area contributed by atoms with Crippen molar-refractivity contribution in [1.29, 1.82) is 0 Å². The maximum atomic E-state index is 13.5. The normalized spacial score (nSPS) is 12.5. The predicted octanol–water partition coefficient (Wildman–Crippen LogP) is 2.59. The summed E-state index contributed by atoms with van der Waals surface area (Å²) in [4.78, 5) is 21.0. The molecule has 1 aromatic carbocycles. The first-order chi connectivity index (χ1) is 10.5. The van der Waals surface area contributed by atoms with E-state index in [4.69, 9.17) is 17.3 Å². The van der Waals surface area contributed by atoms with Gasteiger partial charge in [0, 0.05) is 6.07 Å². The summed E-state index contributed by atoms with van der Waals surface area (Å²) in [7, 11) is 0. The topological polar surface area (TPSA) is 73.8 Å². The zero-order valence-electron chi connectivity index (χ0n) is 11.6. The van der Waals surface area contributed by atoms with Gasteiger partial charge in [0.1, 0.15) is 11.6 Å². The molecule has 0 aliphatic heterocycles. The van der Waals surface area contributed by atoms with Crippen molar-refractivity contribution in [2.45, 2.75) is 13.0 Å². The first kappa shape index (κ1) is 14.6. The van der Waals surface area contributed by atoms with E-state index in [1.807, 2.05) is 0 Å². The SMILES string of the molecule is CC(N)c1nc2cccc(Cl)c2c(=O)n1-c1cncc(F)c1. The summed E-state index contributed by atoms with van der Waals surface area (Å²) in [5.74, 6) is -0.244. The molecule has 0 fully saturated rings. The van der Waals surface area contributed by atoms with Gasteiger partial charge in [0.2, 0.25) is 0 Å². The molecule has 2 N–H and O–H groups in total. The van der Waals surface area contributed by atoms with Crippen molar-refractivity contribution in [3.05, 3.63) is 63.7 Å². The molecule has 5 nitrogen and oxygen atoms in total. The standard InChI is InChI=1S/C15H12ClFN4O/c1-8(18)14-20-12-4-2-3-11(16)13(12)15(22)21(14)10-5-9(17)6-19-7-10/h2-8H,18H2,1H3. The zero-order valence-corrected chi connectivity index (χ0v) is 12.4. The number of aromatic nitrogens is 3. The molecule has 112 valence electrons. The quantitative estimate of drug-likeness (QED) is 0.788. The highest BCUT2D eigenvalue weighted by Gasteiger charge is 2.17. The van der Waals surface area contributed by atoms with Crippen molar-refractivity contribution < 1.29 is 4.39 Å². The third-order valence-electron chi connectivity index (χ3n) is 3.23. The van der Waals surface area contributed by atoms with Crippen molar-refractivity contribution in [2.75, 3.05) is 0 Å². The van der Waals surface area contributed by atoms with Crippen LogP contribution in [0.25, 0.3) is 16.6 Å². The Hall–Kier alpha value is -2.31. The van der Waals surface area contributed by atoms with Crippen LogP contribution in [0.3, 0.4) is 0 Å². The Labute approximate surface area is 130 Å². The fourth-order valence-corrected chi connectivity index (χ4v) is 2.54. The molecule has 3 aromatic rings. The molecule has 0 bridgehead atoms. The summed E-state index contributed by atoms with van der Waals surface area (Å²) in [5.41, 5.74) is 6.22. The van der Waals surface area contributed by atoms with Crippen LogP contribution in [0.15, 0.2) is 41.5 Å². The van der Waals surface area contributed by atoms with Gasteiger partial charge in [-0.2, -0.15) is 0 Å². The lowest BCUT2D eigenvalue weighted by Gasteiger charge is -2.16. The van der Waals surface area contributed by atoms with Crippen molar-refractivity contribution in [3.63, 3.8) is 0 Å². The van der Waals surface area contributed by atoms with Gasteiger partial charge >= 0.3 is 0 Å². The van der Waals surface area contributed by atoms with Crippen LogP contribution in [0.1, 0.15) is 18.8 Å². The fraction of sp³-hybridized carbons (Fsp3) is 0.133. The van der Waals surface area contributed by atoms with Gasteiger partial charge < -0.3 is 5.73 Å². The van der Waals surface area contributed by atoms with E-state index in [9.17, 15) is 9.18 Å². The van der Waals surface area contributed by atoms with E-state index in [0.717, 1.165) is 6.20 Å². The molecule has 0 saturated carbocycles. The molecule has 7 heteroatoms. The molecule has 22 heavy (non-hydrogen) atoms. The Morgan fingerprint density at radius 3 is 2.82 bits per heavy atom. The Morgan fingerprint density at radius 1 is 1.36 bits per heavy atom. The molecular weight excluding hydrogens is 307 g/mol. The minimum absolute atomic E-state index is 0.256. The maximum Gasteiger partial charge on any atom is 0.267 e. The molecule has 0 aliphatic rings. The number of nitrogens with two attached hydrogens (primary N) is 1. The summed E-state index contributed by atoms with van der Waals surface area (Å²) < 4.78 is 14.7. The molecule has 0 spiro atoms. The highest BCUT2D eigenvalue weighted by Crippen LogP contribution is 2.22. The van der Waals surface area contributed by atoms with Crippen molar-refractivity contribution in [1.82, 2.24) is 14.5 Å². The van der Waals surface area contributed by atoms with E-state index in [1.165, 1.54) is 16.8 Å². The molecule has 0 saturated heterocycles. The molecule has 0 amide bonds. The number of nitrogens with zero attached hydrogens (tertiary/aromatic N) is 3.